The minimum absolute atomic E-state index is 0.794. The predicted octanol–water partition coefficient (Wildman–Crippen LogP) is 4.94. The monoisotopic (exact) mass is 365 g/mol. The van der Waals surface area contributed by atoms with E-state index in [1.807, 2.05) is 30.3 Å². The van der Waals surface area contributed by atoms with Gasteiger partial charge in [0.15, 0.2) is 0 Å². The number of nitrogens with one attached hydrogen (secondary N) is 1. The van der Waals surface area contributed by atoms with Gasteiger partial charge in [0.1, 0.15) is 5.82 Å². The van der Waals surface area contributed by atoms with E-state index in [0.29, 0.717) is 0 Å². The molecule has 0 unspecified atom stereocenters. The van der Waals surface area contributed by atoms with Gasteiger partial charge in [0, 0.05) is 60.1 Å². The van der Waals surface area contributed by atoms with Crippen LogP contribution in [-0.2, 0) is 6.42 Å². The first-order valence-electron chi connectivity index (χ1n) is 9.17. The number of hydrogen-bond acceptors (Lipinski definition) is 5. The number of likely N-dealkylation sites (N-methyl/N-ethyl adjacent to an activating group) is 1. The number of pyridine rings is 3. The fourth-order valence-electron chi connectivity index (χ4n) is 3.62. The molecule has 5 rings (SSSR count). The molecule has 0 saturated carbocycles. The third-order valence-corrected chi connectivity index (χ3v) is 5.15. The van der Waals surface area contributed by atoms with Gasteiger partial charge in [0.25, 0.3) is 0 Å². The summed E-state index contributed by atoms with van der Waals surface area (Å²) in [5.41, 5.74) is 7.38. The van der Waals surface area contributed by atoms with Crippen LogP contribution in [-0.4, -0.2) is 22.0 Å². The Morgan fingerprint density at radius 1 is 1.04 bits per heavy atom. The molecule has 5 heteroatoms. The second kappa shape index (κ2) is 6.46. The van der Waals surface area contributed by atoms with E-state index in [9.17, 15) is 0 Å². The van der Waals surface area contributed by atoms with Crippen molar-refractivity contribution < 1.29 is 0 Å². The Morgan fingerprint density at radius 3 is 2.75 bits per heavy atom. The molecule has 0 amide bonds. The normalized spacial score (nSPS) is 13.0. The highest BCUT2D eigenvalue weighted by Gasteiger charge is 2.19. The summed E-state index contributed by atoms with van der Waals surface area (Å²) < 4.78 is 0. The largest absolute Gasteiger partial charge is 0.348 e. The van der Waals surface area contributed by atoms with Crippen LogP contribution in [0.2, 0.25) is 0 Å². The number of benzene rings is 1. The average molecular weight is 365 g/mol. The smallest absolute Gasteiger partial charge is 0.140 e. The summed E-state index contributed by atoms with van der Waals surface area (Å²) >= 11 is 0. The Morgan fingerprint density at radius 2 is 1.89 bits per heavy atom. The molecule has 1 aromatic carbocycles. The second-order valence-electron chi connectivity index (χ2n) is 6.93. The molecule has 4 aromatic rings. The van der Waals surface area contributed by atoms with Gasteiger partial charge in [-0.25, -0.2) is 4.98 Å². The van der Waals surface area contributed by atoms with E-state index in [4.69, 9.17) is 4.98 Å². The lowest BCUT2D eigenvalue weighted by atomic mass is 10.1. The van der Waals surface area contributed by atoms with Crippen LogP contribution < -0.4 is 10.2 Å². The summed E-state index contributed by atoms with van der Waals surface area (Å²) in [4.78, 5) is 15.7. The molecule has 0 atom stereocenters. The molecule has 1 aliphatic heterocycles. The summed E-state index contributed by atoms with van der Waals surface area (Å²) in [6, 6.07) is 16.3. The van der Waals surface area contributed by atoms with E-state index in [0.717, 1.165) is 45.8 Å². The molecule has 136 valence electrons. The minimum atomic E-state index is 0.794. The maximum absolute atomic E-state index is 4.88. The lowest BCUT2D eigenvalue weighted by Crippen LogP contribution is -2.09. The third kappa shape index (κ3) is 2.77. The number of aromatic nitrogens is 3. The van der Waals surface area contributed by atoms with Crippen molar-refractivity contribution in [3.63, 3.8) is 0 Å². The van der Waals surface area contributed by atoms with E-state index >= 15 is 0 Å². The Kier molecular flexibility index (Phi) is 3.79. The van der Waals surface area contributed by atoms with Gasteiger partial charge in [-0.3, -0.25) is 9.97 Å². The van der Waals surface area contributed by atoms with E-state index in [1.54, 1.807) is 18.6 Å². The van der Waals surface area contributed by atoms with Gasteiger partial charge >= 0.3 is 0 Å². The highest BCUT2D eigenvalue weighted by atomic mass is 15.1. The van der Waals surface area contributed by atoms with Crippen LogP contribution in [0.3, 0.4) is 0 Å². The van der Waals surface area contributed by atoms with E-state index in [-0.39, 0.29) is 0 Å². The molecule has 0 spiro atoms. The summed E-state index contributed by atoms with van der Waals surface area (Å²) in [7, 11) is 2.06. The number of nitrogens with zero attached hydrogens (tertiary/aromatic N) is 4. The van der Waals surface area contributed by atoms with E-state index in [1.165, 1.54) is 11.3 Å². The van der Waals surface area contributed by atoms with Crippen LogP contribution in [0.15, 0.2) is 79.4 Å². The third-order valence-electron chi connectivity index (χ3n) is 5.15. The molecule has 0 saturated heterocycles. The van der Waals surface area contributed by atoms with Gasteiger partial charge in [0.05, 0.1) is 11.2 Å². The van der Waals surface area contributed by atoms with Crippen LogP contribution in [0.1, 0.15) is 5.56 Å². The number of rotatable bonds is 3. The lowest BCUT2D eigenvalue weighted by molar-refractivity contribution is 1.11. The summed E-state index contributed by atoms with van der Waals surface area (Å²) in [5, 5.41) is 4.49. The highest BCUT2D eigenvalue weighted by molar-refractivity contribution is 5.93. The van der Waals surface area contributed by atoms with Crippen molar-refractivity contribution in [2.75, 3.05) is 17.3 Å². The summed E-state index contributed by atoms with van der Waals surface area (Å²) in [6.07, 6.45) is 6.22. The Balaban J connectivity index is 1.59. The lowest BCUT2D eigenvalue weighted by Gasteiger charge is -2.15. The maximum atomic E-state index is 4.88. The van der Waals surface area contributed by atoms with Gasteiger partial charge in [-0.15, -0.1) is 0 Å². The first-order valence-corrected chi connectivity index (χ1v) is 9.17. The first kappa shape index (κ1) is 16.4. The maximum Gasteiger partial charge on any atom is 0.140 e. The molecule has 1 aliphatic rings. The molecule has 3 aromatic heterocycles. The molecule has 0 fully saturated rings. The van der Waals surface area contributed by atoms with Gasteiger partial charge in [-0.1, -0.05) is 6.58 Å². The average Bonchev–Trinajstić information content (AvgIpc) is 3.02. The van der Waals surface area contributed by atoms with Gasteiger partial charge in [-0.05, 0) is 54.1 Å². The van der Waals surface area contributed by atoms with Crippen LogP contribution in [0.5, 0.6) is 0 Å². The zero-order valence-corrected chi connectivity index (χ0v) is 15.6. The van der Waals surface area contributed by atoms with Crippen molar-refractivity contribution in [2.24, 2.45) is 0 Å². The number of anilines is 3. The number of hydrogen-bond donors (Lipinski definition) is 1. The van der Waals surface area contributed by atoms with Crippen LogP contribution in [0.25, 0.3) is 22.2 Å². The summed E-state index contributed by atoms with van der Waals surface area (Å²) in [6.45, 7) is 4.13. The molecule has 0 radical (unpaired) electrons. The fourth-order valence-corrected chi connectivity index (χ4v) is 3.62. The van der Waals surface area contributed by atoms with Gasteiger partial charge < -0.3 is 10.2 Å². The Hall–Kier alpha value is -3.73. The van der Waals surface area contributed by atoms with Crippen LogP contribution in [0.4, 0.5) is 17.2 Å². The van der Waals surface area contributed by atoms with Crippen molar-refractivity contribution in [2.45, 2.75) is 6.42 Å². The predicted molar refractivity (Wildman–Crippen MR) is 114 cm³/mol. The fraction of sp³-hybridized carbons (Fsp3) is 0.0870. The second-order valence-corrected chi connectivity index (χ2v) is 6.93. The molecule has 5 nitrogen and oxygen atoms in total. The highest BCUT2D eigenvalue weighted by Crippen LogP contribution is 2.35. The molecule has 0 bridgehead atoms. The van der Waals surface area contributed by atoms with Crippen LogP contribution in [0, 0.1) is 0 Å². The minimum Gasteiger partial charge on any atom is -0.348 e. The molecular weight excluding hydrogens is 346 g/mol. The zero-order valence-electron chi connectivity index (χ0n) is 15.6. The molecule has 1 N–H and O–H groups in total. The van der Waals surface area contributed by atoms with Crippen molar-refractivity contribution in [3.05, 3.63) is 85.0 Å². The van der Waals surface area contributed by atoms with Crippen molar-refractivity contribution in [1.29, 1.82) is 0 Å². The molecular formula is C23H19N5. The van der Waals surface area contributed by atoms with Crippen molar-refractivity contribution in [3.8, 4) is 11.3 Å². The van der Waals surface area contributed by atoms with Crippen molar-refractivity contribution in [1.82, 2.24) is 15.0 Å². The van der Waals surface area contributed by atoms with Gasteiger partial charge in [0.2, 0.25) is 0 Å². The molecule has 0 aliphatic carbocycles. The first-order chi connectivity index (χ1) is 13.7. The van der Waals surface area contributed by atoms with Gasteiger partial charge in [-0.2, -0.15) is 0 Å². The van der Waals surface area contributed by atoms with E-state index < -0.39 is 0 Å². The standard InChI is InChI=1S/C23H19N5/c1-15-12-17-13-18(5-6-22(17)28(15)2)26-23-19-4-3-9-25-21(19)14-20(27-23)16-7-10-24-11-8-16/h3-11,13-14H,1,12H2,2H3,(H,26,27). The Bertz CT molecular complexity index is 1200. The van der Waals surface area contributed by atoms with E-state index in [2.05, 4.69) is 52.0 Å². The zero-order chi connectivity index (χ0) is 19.1. The molecule has 4 heterocycles. The molecule has 28 heavy (non-hydrogen) atoms. The number of fused-ring (bicyclic) bond motifs is 2. The SMILES string of the molecule is C=C1Cc2cc(Nc3nc(-c4ccncc4)cc4ncccc34)ccc2N1C. The van der Waals surface area contributed by atoms with Crippen molar-refractivity contribution >= 4 is 28.1 Å². The Labute approximate surface area is 163 Å². The van der Waals surface area contributed by atoms with Crippen LogP contribution >= 0.6 is 0 Å². The quantitative estimate of drug-likeness (QED) is 0.557. The summed E-state index contributed by atoms with van der Waals surface area (Å²) in [5.74, 6) is 0.794. The topological polar surface area (TPSA) is 53.9 Å². The number of allylic oxidation sites excluding steroid dienone is 1.